The lowest BCUT2D eigenvalue weighted by Gasteiger charge is -2.11. The van der Waals surface area contributed by atoms with E-state index in [2.05, 4.69) is 11.4 Å². The molecule has 2 rings (SSSR count). The van der Waals surface area contributed by atoms with E-state index in [1.807, 2.05) is 48.7 Å². The second-order valence-electron chi connectivity index (χ2n) is 4.07. The van der Waals surface area contributed by atoms with E-state index in [1.54, 1.807) is 0 Å². The van der Waals surface area contributed by atoms with Gasteiger partial charge in [0.15, 0.2) is 0 Å². The standard InChI is InChI=1S/C15H14N2OS/c1-2-11-8-9-19-14(11)15(18)17-13(10-16)12-6-4-3-5-7-12/h3-9,13H,2H2,1H3,(H,17,18). The summed E-state index contributed by atoms with van der Waals surface area (Å²) in [5, 5.41) is 13.9. The maximum absolute atomic E-state index is 12.2. The Morgan fingerprint density at radius 3 is 2.74 bits per heavy atom. The van der Waals surface area contributed by atoms with Crippen molar-refractivity contribution >= 4 is 17.2 Å². The molecule has 0 aliphatic heterocycles. The number of benzene rings is 1. The van der Waals surface area contributed by atoms with Gasteiger partial charge in [-0.05, 0) is 29.0 Å². The van der Waals surface area contributed by atoms with Crippen molar-refractivity contribution in [3.05, 3.63) is 57.8 Å². The third kappa shape index (κ3) is 3.01. The number of aryl methyl sites for hydroxylation is 1. The number of rotatable bonds is 4. The third-order valence-corrected chi connectivity index (χ3v) is 3.83. The third-order valence-electron chi connectivity index (χ3n) is 2.87. The Balaban J connectivity index is 2.16. The number of thiophene rings is 1. The highest BCUT2D eigenvalue weighted by molar-refractivity contribution is 7.12. The number of nitrogens with one attached hydrogen (secondary N) is 1. The number of hydrogen-bond acceptors (Lipinski definition) is 3. The van der Waals surface area contributed by atoms with Crippen LogP contribution in [-0.4, -0.2) is 5.91 Å². The van der Waals surface area contributed by atoms with E-state index in [1.165, 1.54) is 11.3 Å². The van der Waals surface area contributed by atoms with Crippen LogP contribution in [0, 0.1) is 11.3 Å². The maximum atomic E-state index is 12.2. The summed E-state index contributed by atoms with van der Waals surface area (Å²) in [6, 6.07) is 12.7. The van der Waals surface area contributed by atoms with Crippen LogP contribution in [0.5, 0.6) is 0 Å². The Morgan fingerprint density at radius 2 is 2.11 bits per heavy atom. The zero-order valence-corrected chi connectivity index (χ0v) is 11.4. The summed E-state index contributed by atoms with van der Waals surface area (Å²) in [7, 11) is 0. The minimum atomic E-state index is -0.611. The number of carbonyl (C=O) groups is 1. The van der Waals surface area contributed by atoms with Gasteiger partial charge in [-0.15, -0.1) is 11.3 Å². The van der Waals surface area contributed by atoms with Crippen molar-refractivity contribution in [1.82, 2.24) is 5.32 Å². The highest BCUT2D eigenvalue weighted by atomic mass is 32.1. The van der Waals surface area contributed by atoms with E-state index in [0.29, 0.717) is 4.88 Å². The molecule has 0 fully saturated rings. The quantitative estimate of drug-likeness (QED) is 0.926. The molecule has 1 heterocycles. The predicted octanol–water partition coefficient (Wildman–Crippen LogP) is 3.31. The first-order valence-electron chi connectivity index (χ1n) is 6.08. The van der Waals surface area contributed by atoms with Gasteiger partial charge in [-0.1, -0.05) is 37.3 Å². The predicted molar refractivity (Wildman–Crippen MR) is 76.0 cm³/mol. The molecule has 1 amide bonds. The molecule has 0 aliphatic rings. The van der Waals surface area contributed by atoms with Gasteiger partial charge in [-0.25, -0.2) is 0 Å². The van der Waals surface area contributed by atoms with Crippen molar-refractivity contribution in [3.63, 3.8) is 0 Å². The van der Waals surface area contributed by atoms with Gasteiger partial charge in [0.2, 0.25) is 0 Å². The van der Waals surface area contributed by atoms with E-state index in [4.69, 9.17) is 0 Å². The van der Waals surface area contributed by atoms with Crippen molar-refractivity contribution in [1.29, 1.82) is 5.26 Å². The minimum absolute atomic E-state index is 0.178. The summed E-state index contributed by atoms with van der Waals surface area (Å²) in [6.45, 7) is 2.01. The number of carbonyl (C=O) groups excluding carboxylic acids is 1. The van der Waals surface area contributed by atoms with Crippen molar-refractivity contribution in [2.45, 2.75) is 19.4 Å². The second-order valence-corrected chi connectivity index (χ2v) is 4.99. The lowest BCUT2D eigenvalue weighted by Crippen LogP contribution is -2.27. The molecule has 1 atom stereocenters. The Hall–Kier alpha value is -2.12. The fourth-order valence-corrected chi connectivity index (χ4v) is 2.74. The van der Waals surface area contributed by atoms with Crippen molar-refractivity contribution < 1.29 is 4.79 Å². The van der Waals surface area contributed by atoms with Gasteiger partial charge < -0.3 is 5.32 Å². The van der Waals surface area contributed by atoms with Gasteiger partial charge in [-0.2, -0.15) is 5.26 Å². The molecule has 2 aromatic rings. The molecule has 0 spiro atoms. The topological polar surface area (TPSA) is 52.9 Å². The van der Waals surface area contributed by atoms with Crippen molar-refractivity contribution in [2.75, 3.05) is 0 Å². The summed E-state index contributed by atoms with van der Waals surface area (Å²) in [4.78, 5) is 12.9. The molecular formula is C15H14N2OS. The maximum Gasteiger partial charge on any atom is 0.262 e. The molecule has 4 heteroatoms. The number of nitrogens with zero attached hydrogens (tertiary/aromatic N) is 1. The fraction of sp³-hybridized carbons (Fsp3) is 0.200. The minimum Gasteiger partial charge on any atom is -0.332 e. The molecular weight excluding hydrogens is 256 g/mol. The van der Waals surface area contributed by atoms with E-state index in [9.17, 15) is 10.1 Å². The van der Waals surface area contributed by atoms with Crippen LogP contribution in [0.25, 0.3) is 0 Å². The summed E-state index contributed by atoms with van der Waals surface area (Å²) in [6.07, 6.45) is 0.814. The highest BCUT2D eigenvalue weighted by Gasteiger charge is 2.17. The Morgan fingerprint density at radius 1 is 1.37 bits per heavy atom. The summed E-state index contributed by atoms with van der Waals surface area (Å²) < 4.78 is 0. The first-order valence-corrected chi connectivity index (χ1v) is 6.96. The van der Waals surface area contributed by atoms with Gasteiger partial charge in [-0.3, -0.25) is 4.79 Å². The van der Waals surface area contributed by atoms with Crippen LogP contribution in [-0.2, 0) is 6.42 Å². The van der Waals surface area contributed by atoms with Gasteiger partial charge in [0.05, 0.1) is 10.9 Å². The molecule has 0 saturated carbocycles. The lowest BCUT2D eigenvalue weighted by molar-refractivity contribution is 0.0948. The number of nitriles is 1. The Labute approximate surface area is 116 Å². The molecule has 0 saturated heterocycles. The van der Waals surface area contributed by atoms with Crippen molar-refractivity contribution in [2.24, 2.45) is 0 Å². The first-order chi connectivity index (χ1) is 9.26. The van der Waals surface area contributed by atoms with Crippen LogP contribution in [0.1, 0.15) is 33.8 Å². The van der Waals surface area contributed by atoms with E-state index >= 15 is 0 Å². The van der Waals surface area contributed by atoms with Crippen LogP contribution in [0.4, 0.5) is 0 Å². The van der Waals surface area contributed by atoms with Gasteiger partial charge >= 0.3 is 0 Å². The normalized spacial score (nSPS) is 11.6. The Bertz CT molecular complexity index is 598. The first kappa shape index (κ1) is 13.3. The van der Waals surface area contributed by atoms with E-state index in [0.717, 1.165) is 17.5 Å². The van der Waals surface area contributed by atoms with E-state index < -0.39 is 6.04 Å². The zero-order chi connectivity index (χ0) is 13.7. The van der Waals surface area contributed by atoms with Crippen LogP contribution in [0.2, 0.25) is 0 Å². The van der Waals surface area contributed by atoms with Crippen LogP contribution in [0.15, 0.2) is 41.8 Å². The molecule has 1 aromatic carbocycles. The SMILES string of the molecule is CCc1ccsc1C(=O)NC(C#N)c1ccccc1. The summed E-state index contributed by atoms with van der Waals surface area (Å²) in [5.41, 5.74) is 1.82. The van der Waals surface area contributed by atoms with Crippen LogP contribution < -0.4 is 5.32 Å². The van der Waals surface area contributed by atoms with Crippen LogP contribution in [0.3, 0.4) is 0 Å². The van der Waals surface area contributed by atoms with Gasteiger partial charge in [0.1, 0.15) is 6.04 Å². The van der Waals surface area contributed by atoms with E-state index in [-0.39, 0.29) is 5.91 Å². The molecule has 19 heavy (non-hydrogen) atoms. The molecule has 1 unspecified atom stereocenters. The molecule has 1 aromatic heterocycles. The summed E-state index contributed by atoms with van der Waals surface area (Å²) in [5.74, 6) is -0.178. The van der Waals surface area contributed by atoms with Crippen molar-refractivity contribution in [3.8, 4) is 6.07 Å². The largest absolute Gasteiger partial charge is 0.332 e. The average Bonchev–Trinajstić information content (AvgIpc) is 2.94. The number of hydrogen-bond donors (Lipinski definition) is 1. The molecule has 0 aliphatic carbocycles. The molecule has 0 bridgehead atoms. The Kier molecular flexibility index (Phi) is 4.32. The smallest absolute Gasteiger partial charge is 0.262 e. The van der Waals surface area contributed by atoms with Gasteiger partial charge in [0, 0.05) is 0 Å². The molecule has 1 N–H and O–H groups in total. The monoisotopic (exact) mass is 270 g/mol. The van der Waals surface area contributed by atoms with Crippen LogP contribution >= 0.6 is 11.3 Å². The zero-order valence-electron chi connectivity index (χ0n) is 10.6. The highest BCUT2D eigenvalue weighted by Crippen LogP contribution is 2.19. The molecule has 0 radical (unpaired) electrons. The number of amides is 1. The molecule has 96 valence electrons. The summed E-state index contributed by atoms with van der Waals surface area (Å²) >= 11 is 1.41. The molecule has 3 nitrogen and oxygen atoms in total. The van der Waals surface area contributed by atoms with Gasteiger partial charge in [0.25, 0.3) is 5.91 Å². The second kappa shape index (κ2) is 6.17. The fourth-order valence-electron chi connectivity index (χ4n) is 1.85. The average molecular weight is 270 g/mol. The lowest BCUT2D eigenvalue weighted by atomic mass is 10.1.